The standard InChI is InChI=1S/C50H31NOS/c1-2-11-33(12-3-1)39-16-8-18-42-43-19-10-21-46(50(43)53-49(39)42)51(45-20-9-17-41-40-15-6-7-22-47(40)52-48(41)45)37-29-27-32(28-30-37)36-26-25-35-24-23-34-13-4-5-14-38(34)44(35)31-36/h1-31H. The van der Waals surface area contributed by atoms with Crippen LogP contribution in [0.3, 0.4) is 0 Å². The molecule has 0 saturated carbocycles. The summed E-state index contributed by atoms with van der Waals surface area (Å²) in [5.41, 5.74) is 9.84. The van der Waals surface area contributed by atoms with Crippen molar-refractivity contribution in [3.63, 3.8) is 0 Å². The van der Waals surface area contributed by atoms with Crippen LogP contribution >= 0.6 is 11.3 Å². The second-order valence-electron chi connectivity index (χ2n) is 13.7. The van der Waals surface area contributed by atoms with Gasteiger partial charge in [0.15, 0.2) is 5.58 Å². The van der Waals surface area contributed by atoms with E-state index in [-0.39, 0.29) is 0 Å². The minimum absolute atomic E-state index is 0.877. The molecule has 2 nitrogen and oxygen atoms in total. The van der Waals surface area contributed by atoms with E-state index in [1.165, 1.54) is 64.0 Å². The number of thiophene rings is 1. The lowest BCUT2D eigenvalue weighted by Crippen LogP contribution is -2.10. The first-order valence-electron chi connectivity index (χ1n) is 18.0. The van der Waals surface area contributed by atoms with Crippen LogP contribution in [-0.4, -0.2) is 0 Å². The third-order valence-electron chi connectivity index (χ3n) is 10.7. The van der Waals surface area contributed by atoms with E-state index in [1.807, 2.05) is 17.4 Å². The molecule has 0 amide bonds. The highest BCUT2D eigenvalue weighted by Gasteiger charge is 2.23. The summed E-state index contributed by atoms with van der Waals surface area (Å²) in [4.78, 5) is 2.39. The molecule has 11 rings (SSSR count). The Kier molecular flexibility index (Phi) is 6.76. The quantitative estimate of drug-likeness (QED) is 0.167. The zero-order valence-electron chi connectivity index (χ0n) is 28.7. The number of anilines is 3. The van der Waals surface area contributed by atoms with E-state index in [0.717, 1.165) is 39.0 Å². The van der Waals surface area contributed by atoms with Gasteiger partial charge in [0.25, 0.3) is 0 Å². The molecule has 2 aromatic heterocycles. The number of fused-ring (bicyclic) bond motifs is 9. The van der Waals surface area contributed by atoms with Gasteiger partial charge < -0.3 is 9.32 Å². The summed E-state index contributed by atoms with van der Waals surface area (Å²) in [7, 11) is 0. The fourth-order valence-electron chi connectivity index (χ4n) is 8.13. The van der Waals surface area contributed by atoms with Crippen LogP contribution in [0.5, 0.6) is 0 Å². The highest BCUT2D eigenvalue weighted by atomic mass is 32.1. The van der Waals surface area contributed by atoms with Gasteiger partial charge in [-0.05, 0) is 80.2 Å². The van der Waals surface area contributed by atoms with Crippen LogP contribution in [0.1, 0.15) is 0 Å². The number of furan rings is 1. The number of para-hydroxylation sites is 2. The first-order valence-corrected chi connectivity index (χ1v) is 18.8. The Hall–Kier alpha value is -6.68. The van der Waals surface area contributed by atoms with E-state index in [1.54, 1.807) is 0 Å². The average Bonchev–Trinajstić information content (AvgIpc) is 3.81. The van der Waals surface area contributed by atoms with Crippen molar-refractivity contribution >= 4 is 92.1 Å². The summed E-state index contributed by atoms with van der Waals surface area (Å²) in [6.45, 7) is 0. The van der Waals surface area contributed by atoms with Crippen LogP contribution in [-0.2, 0) is 0 Å². The Morgan fingerprint density at radius 1 is 0.377 bits per heavy atom. The van der Waals surface area contributed by atoms with Crippen LogP contribution < -0.4 is 4.90 Å². The number of hydrogen-bond acceptors (Lipinski definition) is 3. The predicted octanol–water partition coefficient (Wildman–Crippen LogP) is 15.1. The molecule has 0 saturated heterocycles. The molecule has 0 aliphatic carbocycles. The molecule has 0 spiro atoms. The van der Waals surface area contributed by atoms with Gasteiger partial charge in [-0.25, -0.2) is 0 Å². The second-order valence-corrected chi connectivity index (χ2v) is 14.7. The van der Waals surface area contributed by atoms with Crippen molar-refractivity contribution in [2.24, 2.45) is 0 Å². The van der Waals surface area contributed by atoms with E-state index in [2.05, 4.69) is 187 Å². The Morgan fingerprint density at radius 2 is 1.00 bits per heavy atom. The highest BCUT2D eigenvalue weighted by Crippen LogP contribution is 2.49. The van der Waals surface area contributed by atoms with E-state index in [4.69, 9.17) is 4.42 Å². The average molecular weight is 694 g/mol. The van der Waals surface area contributed by atoms with E-state index < -0.39 is 0 Å². The summed E-state index contributed by atoms with van der Waals surface area (Å²) < 4.78 is 9.22. The molecule has 0 atom stereocenters. The maximum Gasteiger partial charge on any atom is 0.159 e. The van der Waals surface area contributed by atoms with Gasteiger partial charge in [-0.1, -0.05) is 152 Å². The SMILES string of the molecule is c1ccc(-c2cccc3c2sc2c(N(c4ccc(-c5ccc6ccc7ccccc7c6c5)cc4)c4cccc5c4oc4ccccc45)cccc23)cc1. The summed E-state index contributed by atoms with van der Waals surface area (Å²) in [5, 5.41) is 9.82. The van der Waals surface area contributed by atoms with E-state index in [9.17, 15) is 0 Å². The van der Waals surface area contributed by atoms with Crippen molar-refractivity contribution in [1.29, 1.82) is 0 Å². The molecule has 0 aliphatic rings. The Bertz CT molecular complexity index is 3170. The number of hydrogen-bond donors (Lipinski definition) is 0. The highest BCUT2D eigenvalue weighted by molar-refractivity contribution is 7.27. The fourth-order valence-corrected chi connectivity index (χ4v) is 9.47. The topological polar surface area (TPSA) is 16.4 Å². The van der Waals surface area contributed by atoms with Crippen molar-refractivity contribution in [2.45, 2.75) is 0 Å². The molecule has 0 fully saturated rings. The normalized spacial score (nSPS) is 11.8. The molecule has 0 bridgehead atoms. The summed E-state index contributed by atoms with van der Waals surface area (Å²) in [5.74, 6) is 0. The minimum atomic E-state index is 0.877. The Balaban J connectivity index is 1.12. The van der Waals surface area contributed by atoms with Crippen LogP contribution in [0.4, 0.5) is 17.1 Å². The van der Waals surface area contributed by atoms with Crippen molar-refractivity contribution in [1.82, 2.24) is 0 Å². The van der Waals surface area contributed by atoms with Crippen molar-refractivity contribution in [2.75, 3.05) is 4.90 Å². The van der Waals surface area contributed by atoms with Gasteiger partial charge in [0.05, 0.1) is 16.1 Å². The van der Waals surface area contributed by atoms with Gasteiger partial charge >= 0.3 is 0 Å². The van der Waals surface area contributed by atoms with Crippen LogP contribution in [0.25, 0.3) is 85.9 Å². The van der Waals surface area contributed by atoms with Gasteiger partial charge in [0, 0.05) is 31.9 Å². The minimum Gasteiger partial charge on any atom is -0.454 e. The molecule has 3 heteroatoms. The van der Waals surface area contributed by atoms with Crippen LogP contribution in [0.15, 0.2) is 192 Å². The summed E-state index contributed by atoms with van der Waals surface area (Å²) >= 11 is 1.87. The third-order valence-corrected chi connectivity index (χ3v) is 11.9. The Labute approximate surface area is 310 Å². The maximum absolute atomic E-state index is 6.69. The second kappa shape index (κ2) is 11.9. The molecular formula is C50H31NOS. The number of benzene rings is 9. The van der Waals surface area contributed by atoms with Gasteiger partial charge in [-0.2, -0.15) is 0 Å². The first kappa shape index (κ1) is 30.0. The van der Waals surface area contributed by atoms with Crippen molar-refractivity contribution < 1.29 is 4.42 Å². The largest absolute Gasteiger partial charge is 0.454 e. The lowest BCUT2D eigenvalue weighted by Gasteiger charge is -2.26. The van der Waals surface area contributed by atoms with Gasteiger partial charge in [-0.15, -0.1) is 11.3 Å². The fraction of sp³-hybridized carbons (Fsp3) is 0. The predicted molar refractivity (Wildman–Crippen MR) is 227 cm³/mol. The molecule has 0 unspecified atom stereocenters. The van der Waals surface area contributed by atoms with Crippen molar-refractivity contribution in [3.8, 4) is 22.3 Å². The zero-order chi connectivity index (χ0) is 34.9. The summed E-state index contributed by atoms with van der Waals surface area (Å²) in [6.07, 6.45) is 0. The van der Waals surface area contributed by atoms with Gasteiger partial charge in [-0.3, -0.25) is 0 Å². The lowest BCUT2D eigenvalue weighted by atomic mass is 9.97. The molecule has 53 heavy (non-hydrogen) atoms. The van der Waals surface area contributed by atoms with Crippen LogP contribution in [0, 0.1) is 0 Å². The summed E-state index contributed by atoms with van der Waals surface area (Å²) in [6, 6.07) is 67.9. The molecule has 0 radical (unpaired) electrons. The third kappa shape index (κ3) is 4.78. The molecule has 0 N–H and O–H groups in total. The molecule has 2 heterocycles. The maximum atomic E-state index is 6.69. The monoisotopic (exact) mass is 693 g/mol. The van der Waals surface area contributed by atoms with E-state index in [0.29, 0.717) is 0 Å². The Morgan fingerprint density at radius 3 is 1.85 bits per heavy atom. The first-order chi connectivity index (χ1) is 26.3. The smallest absolute Gasteiger partial charge is 0.159 e. The lowest BCUT2D eigenvalue weighted by molar-refractivity contribution is 0.669. The number of rotatable bonds is 5. The zero-order valence-corrected chi connectivity index (χ0v) is 29.5. The van der Waals surface area contributed by atoms with Gasteiger partial charge in [0.2, 0.25) is 0 Å². The molecule has 11 aromatic rings. The number of nitrogens with zero attached hydrogens (tertiary/aromatic N) is 1. The molecule has 0 aliphatic heterocycles. The van der Waals surface area contributed by atoms with Crippen LogP contribution in [0.2, 0.25) is 0 Å². The van der Waals surface area contributed by atoms with Crippen molar-refractivity contribution in [3.05, 3.63) is 188 Å². The molecule has 9 aromatic carbocycles. The molecular weight excluding hydrogens is 663 g/mol. The van der Waals surface area contributed by atoms with Gasteiger partial charge in [0.1, 0.15) is 5.58 Å². The van der Waals surface area contributed by atoms with E-state index >= 15 is 0 Å². The molecule has 248 valence electrons.